The molecule has 1 rings (SSSR count). The van der Waals surface area contributed by atoms with Gasteiger partial charge in [-0.1, -0.05) is 26.0 Å². The largest absolute Gasteiger partial charge is 0.376 e. The van der Waals surface area contributed by atoms with Gasteiger partial charge >= 0.3 is 0 Å². The quantitative estimate of drug-likeness (QED) is 0.733. The molecule has 1 aromatic heterocycles. The van der Waals surface area contributed by atoms with Crippen molar-refractivity contribution in [3.05, 3.63) is 11.9 Å². The number of hydrogen-bond donors (Lipinski definition) is 0. The van der Waals surface area contributed by atoms with Crippen LogP contribution in [0, 0.1) is 12.3 Å². The maximum absolute atomic E-state index is 12.5. The zero-order valence-corrected chi connectivity index (χ0v) is 17.9. The Labute approximate surface area is 152 Å². The summed E-state index contributed by atoms with van der Waals surface area (Å²) in [5, 5.41) is 8.06. The van der Waals surface area contributed by atoms with Crippen LogP contribution in [0.3, 0.4) is 0 Å². The van der Waals surface area contributed by atoms with Crippen LogP contribution in [0.15, 0.2) is 6.20 Å². The number of aryl methyl sites for hydroxylation is 1. The molecule has 0 bridgehead atoms. The lowest BCUT2D eigenvalue weighted by atomic mass is 9.90. The standard InChI is InChI=1S/C17H34N4O3S/c1-13-10-20(19-18-13)11-15(12-24-14(2)16(3,4)5)21(17(6,7)8)25(9,22)23/h10,14-15H,11-12H2,1-9H3. The van der Waals surface area contributed by atoms with Gasteiger partial charge in [-0.3, -0.25) is 4.68 Å². The molecular formula is C17H34N4O3S. The molecule has 2 unspecified atom stereocenters. The highest BCUT2D eigenvalue weighted by molar-refractivity contribution is 7.88. The fourth-order valence-corrected chi connectivity index (χ4v) is 4.38. The highest BCUT2D eigenvalue weighted by Gasteiger charge is 2.37. The molecule has 1 aromatic rings. The first-order valence-corrected chi connectivity index (χ1v) is 10.4. The number of sulfonamides is 1. The van der Waals surface area contributed by atoms with E-state index in [0.29, 0.717) is 13.2 Å². The third kappa shape index (κ3) is 6.67. The summed E-state index contributed by atoms with van der Waals surface area (Å²) in [6, 6.07) is -0.374. The van der Waals surface area contributed by atoms with Gasteiger partial charge in [0.15, 0.2) is 0 Å². The van der Waals surface area contributed by atoms with E-state index in [1.165, 1.54) is 10.6 Å². The zero-order valence-electron chi connectivity index (χ0n) is 17.1. The van der Waals surface area contributed by atoms with Crippen LogP contribution in [0.5, 0.6) is 0 Å². The molecule has 0 aliphatic heterocycles. The number of ether oxygens (including phenoxy) is 1. The van der Waals surface area contributed by atoms with Gasteiger partial charge in [-0.25, -0.2) is 8.42 Å². The molecule has 0 saturated carbocycles. The summed E-state index contributed by atoms with van der Waals surface area (Å²) in [7, 11) is -3.43. The first-order valence-electron chi connectivity index (χ1n) is 8.60. The summed E-state index contributed by atoms with van der Waals surface area (Å²) in [6.07, 6.45) is 3.04. The monoisotopic (exact) mass is 374 g/mol. The molecule has 0 aliphatic rings. The van der Waals surface area contributed by atoms with Gasteiger partial charge in [0.2, 0.25) is 10.0 Å². The normalized spacial score (nSPS) is 16.2. The molecule has 0 aliphatic carbocycles. The van der Waals surface area contributed by atoms with E-state index in [9.17, 15) is 8.42 Å². The molecule has 25 heavy (non-hydrogen) atoms. The lowest BCUT2D eigenvalue weighted by molar-refractivity contribution is -0.0342. The van der Waals surface area contributed by atoms with E-state index in [1.807, 2.05) is 40.8 Å². The smallest absolute Gasteiger partial charge is 0.212 e. The molecule has 0 radical (unpaired) electrons. The average Bonchev–Trinajstić information content (AvgIpc) is 2.76. The van der Waals surface area contributed by atoms with Crippen molar-refractivity contribution in [2.24, 2.45) is 5.41 Å². The van der Waals surface area contributed by atoms with Crippen molar-refractivity contribution in [2.75, 3.05) is 12.9 Å². The summed E-state index contributed by atoms with van der Waals surface area (Å²) in [5.74, 6) is 0. The lowest BCUT2D eigenvalue weighted by Gasteiger charge is -2.40. The molecule has 0 amide bonds. The first-order chi connectivity index (χ1) is 11.1. The maximum Gasteiger partial charge on any atom is 0.212 e. The summed E-state index contributed by atoms with van der Waals surface area (Å²) in [6.45, 7) is 16.5. The lowest BCUT2D eigenvalue weighted by Crippen LogP contribution is -2.54. The molecule has 0 N–H and O–H groups in total. The molecule has 0 fully saturated rings. The zero-order chi connectivity index (χ0) is 19.6. The summed E-state index contributed by atoms with van der Waals surface area (Å²) in [4.78, 5) is 0. The minimum absolute atomic E-state index is 0.00568. The Balaban J connectivity index is 3.12. The summed E-state index contributed by atoms with van der Waals surface area (Å²) in [5.41, 5.74) is 0.207. The molecule has 0 aromatic carbocycles. The molecule has 146 valence electrons. The first kappa shape index (κ1) is 22.1. The van der Waals surface area contributed by atoms with E-state index >= 15 is 0 Å². The van der Waals surface area contributed by atoms with Crippen LogP contribution in [0.1, 0.15) is 54.2 Å². The number of hydrogen-bond acceptors (Lipinski definition) is 5. The Morgan fingerprint density at radius 1 is 1.24 bits per heavy atom. The second-order valence-electron chi connectivity index (χ2n) is 8.81. The van der Waals surface area contributed by atoms with Gasteiger partial charge in [0.25, 0.3) is 0 Å². The molecule has 8 heteroatoms. The Kier molecular flexibility index (Phi) is 6.81. The van der Waals surface area contributed by atoms with Gasteiger partial charge in [-0.15, -0.1) is 5.10 Å². The third-order valence-electron chi connectivity index (χ3n) is 4.16. The maximum atomic E-state index is 12.5. The number of nitrogens with zero attached hydrogens (tertiary/aromatic N) is 4. The van der Waals surface area contributed by atoms with Gasteiger partial charge in [-0.2, -0.15) is 4.31 Å². The van der Waals surface area contributed by atoms with Gasteiger partial charge in [0, 0.05) is 11.7 Å². The second kappa shape index (κ2) is 7.72. The van der Waals surface area contributed by atoms with Gasteiger partial charge in [0.05, 0.1) is 37.2 Å². The molecular weight excluding hydrogens is 340 g/mol. The van der Waals surface area contributed by atoms with Crippen molar-refractivity contribution in [2.45, 2.75) is 79.6 Å². The fraction of sp³-hybridized carbons (Fsp3) is 0.882. The Morgan fingerprint density at radius 2 is 1.80 bits per heavy atom. The van der Waals surface area contributed by atoms with E-state index in [4.69, 9.17) is 4.74 Å². The minimum atomic E-state index is -3.43. The predicted molar refractivity (Wildman–Crippen MR) is 99.9 cm³/mol. The van der Waals surface area contributed by atoms with Gasteiger partial charge < -0.3 is 4.74 Å². The van der Waals surface area contributed by atoms with Crippen molar-refractivity contribution in [3.8, 4) is 0 Å². The summed E-state index contributed by atoms with van der Waals surface area (Å²) >= 11 is 0. The van der Waals surface area contributed by atoms with Crippen molar-refractivity contribution < 1.29 is 13.2 Å². The van der Waals surface area contributed by atoms with Crippen LogP contribution in [0.25, 0.3) is 0 Å². The molecule has 7 nitrogen and oxygen atoms in total. The Morgan fingerprint density at radius 3 is 2.16 bits per heavy atom. The number of rotatable bonds is 7. The highest BCUT2D eigenvalue weighted by atomic mass is 32.2. The van der Waals surface area contributed by atoms with Crippen LogP contribution in [-0.4, -0.2) is 58.3 Å². The topological polar surface area (TPSA) is 77.3 Å². The van der Waals surface area contributed by atoms with Gasteiger partial charge in [-0.05, 0) is 40.0 Å². The summed E-state index contributed by atoms with van der Waals surface area (Å²) < 4.78 is 34.2. The molecule has 0 saturated heterocycles. The molecule has 1 heterocycles. The van der Waals surface area contributed by atoms with E-state index in [-0.39, 0.29) is 17.6 Å². The SMILES string of the molecule is Cc1cn(CC(COC(C)C(C)(C)C)N(C(C)(C)C)S(C)(=O)=O)nn1. The number of aromatic nitrogens is 3. The Bertz CT molecular complexity index is 656. The van der Waals surface area contributed by atoms with E-state index in [0.717, 1.165) is 5.69 Å². The molecule has 2 atom stereocenters. The average molecular weight is 375 g/mol. The van der Waals surface area contributed by atoms with Crippen LogP contribution >= 0.6 is 0 Å². The van der Waals surface area contributed by atoms with E-state index < -0.39 is 15.6 Å². The van der Waals surface area contributed by atoms with Crippen molar-refractivity contribution >= 4 is 10.0 Å². The van der Waals surface area contributed by atoms with Crippen molar-refractivity contribution in [3.63, 3.8) is 0 Å². The van der Waals surface area contributed by atoms with E-state index in [2.05, 4.69) is 31.1 Å². The van der Waals surface area contributed by atoms with Crippen molar-refractivity contribution in [1.29, 1.82) is 0 Å². The van der Waals surface area contributed by atoms with E-state index in [1.54, 1.807) is 4.68 Å². The highest BCUT2D eigenvalue weighted by Crippen LogP contribution is 2.25. The fourth-order valence-electron chi connectivity index (χ4n) is 2.72. The second-order valence-corrected chi connectivity index (χ2v) is 10.7. The van der Waals surface area contributed by atoms with Crippen LogP contribution in [0.2, 0.25) is 0 Å². The van der Waals surface area contributed by atoms with Gasteiger partial charge in [0.1, 0.15) is 0 Å². The van der Waals surface area contributed by atoms with Crippen LogP contribution in [0.4, 0.5) is 0 Å². The third-order valence-corrected chi connectivity index (χ3v) is 5.72. The predicted octanol–water partition coefficient (Wildman–Crippen LogP) is 2.47. The minimum Gasteiger partial charge on any atom is -0.376 e. The van der Waals surface area contributed by atoms with Crippen molar-refractivity contribution in [1.82, 2.24) is 19.3 Å². The Hall–Kier alpha value is -0.990. The van der Waals surface area contributed by atoms with Crippen LogP contribution < -0.4 is 0 Å². The van der Waals surface area contributed by atoms with Crippen LogP contribution in [-0.2, 0) is 21.3 Å². The molecule has 0 spiro atoms.